The molecule has 1 aliphatic rings. The third-order valence-corrected chi connectivity index (χ3v) is 6.87. The number of benzene rings is 3. The van der Waals surface area contributed by atoms with Crippen molar-refractivity contribution >= 4 is 28.1 Å². The van der Waals surface area contributed by atoms with Crippen molar-refractivity contribution in [3.05, 3.63) is 107 Å². The largest absolute Gasteiger partial charge is 0.493 e. The van der Waals surface area contributed by atoms with E-state index in [-0.39, 0.29) is 22.8 Å². The van der Waals surface area contributed by atoms with Crippen LogP contribution in [-0.2, 0) is 11.0 Å². The summed E-state index contributed by atoms with van der Waals surface area (Å²) in [7, 11) is 0. The van der Waals surface area contributed by atoms with Gasteiger partial charge >= 0.3 is 12.1 Å². The lowest BCUT2D eigenvalue weighted by Crippen LogP contribution is -2.47. The molecule has 0 spiro atoms. The van der Waals surface area contributed by atoms with Gasteiger partial charge in [-0.2, -0.15) is 18.3 Å². The van der Waals surface area contributed by atoms with Crippen molar-refractivity contribution in [3.8, 4) is 11.6 Å². The van der Waals surface area contributed by atoms with Gasteiger partial charge in [0.1, 0.15) is 11.9 Å². The molecule has 2 unspecified atom stereocenters. The van der Waals surface area contributed by atoms with Crippen LogP contribution in [0, 0.1) is 19.7 Å². The number of aromatic hydroxyl groups is 1. The molecule has 5 rings (SSSR count). The van der Waals surface area contributed by atoms with Gasteiger partial charge in [-0.1, -0.05) is 48.6 Å². The number of alkyl halides is 3. The first-order valence-electron chi connectivity index (χ1n) is 12.4. The molecule has 3 aromatic carbocycles. The molecular formula is C30H23F4N3O4. The van der Waals surface area contributed by atoms with Gasteiger partial charge in [-0.25, -0.2) is 9.18 Å². The zero-order valence-corrected chi connectivity index (χ0v) is 21.7. The Morgan fingerprint density at radius 1 is 1.02 bits per heavy atom. The SMILES string of the molecule is Cc1cc(C)cc(-n2c(O)c(N=NC3(C(=O)O)C=CC=C(c4ccccc4)C3O)c3c(F)cc(C(F)(F)F)cc32)c1. The molecule has 210 valence electrons. The fourth-order valence-electron chi connectivity index (χ4n) is 4.99. The second-order valence-corrected chi connectivity index (χ2v) is 9.78. The van der Waals surface area contributed by atoms with E-state index in [1.807, 2.05) is 0 Å². The van der Waals surface area contributed by atoms with Gasteiger partial charge in [-0.15, -0.1) is 5.11 Å². The van der Waals surface area contributed by atoms with Gasteiger partial charge in [0.05, 0.1) is 16.5 Å². The van der Waals surface area contributed by atoms with Crippen molar-refractivity contribution in [1.82, 2.24) is 4.57 Å². The van der Waals surface area contributed by atoms with Gasteiger partial charge < -0.3 is 15.3 Å². The van der Waals surface area contributed by atoms with E-state index in [2.05, 4.69) is 10.2 Å². The lowest BCUT2D eigenvalue weighted by Gasteiger charge is -2.30. The fourth-order valence-corrected chi connectivity index (χ4v) is 4.99. The quantitative estimate of drug-likeness (QED) is 0.178. The molecule has 1 aliphatic carbocycles. The number of fused-ring (bicyclic) bond motifs is 1. The third kappa shape index (κ3) is 4.78. The number of hydrogen-bond donors (Lipinski definition) is 3. The van der Waals surface area contributed by atoms with Crippen LogP contribution in [0.15, 0.2) is 89.1 Å². The Balaban J connectivity index is 1.74. The predicted octanol–water partition coefficient (Wildman–Crippen LogP) is 7.03. The number of carboxylic acid groups (broad SMARTS) is 1. The van der Waals surface area contributed by atoms with E-state index in [0.29, 0.717) is 11.6 Å². The van der Waals surface area contributed by atoms with Crippen molar-refractivity contribution in [1.29, 1.82) is 0 Å². The number of allylic oxidation sites excluding steroid dienone is 2. The number of aliphatic carboxylic acids is 1. The molecule has 0 bridgehead atoms. The van der Waals surface area contributed by atoms with E-state index in [0.717, 1.165) is 21.8 Å². The first-order valence-corrected chi connectivity index (χ1v) is 12.4. The molecule has 7 nitrogen and oxygen atoms in total. The van der Waals surface area contributed by atoms with E-state index >= 15 is 4.39 Å². The smallest absolute Gasteiger partial charge is 0.416 e. The van der Waals surface area contributed by atoms with Crippen molar-refractivity contribution in [2.24, 2.45) is 10.2 Å². The highest BCUT2D eigenvalue weighted by Crippen LogP contribution is 2.46. The van der Waals surface area contributed by atoms with Gasteiger partial charge in [0.2, 0.25) is 11.4 Å². The number of aliphatic hydroxyl groups excluding tert-OH is 1. The number of nitrogens with zero attached hydrogens (tertiary/aromatic N) is 3. The molecule has 0 saturated carbocycles. The van der Waals surface area contributed by atoms with Gasteiger partial charge in [0.25, 0.3) is 0 Å². The number of rotatable bonds is 5. The summed E-state index contributed by atoms with van der Waals surface area (Å²) in [5.74, 6) is -3.71. The van der Waals surface area contributed by atoms with Crippen molar-refractivity contribution in [2.45, 2.75) is 31.7 Å². The molecule has 4 aromatic rings. The number of carboxylic acids is 1. The van der Waals surface area contributed by atoms with E-state index in [1.165, 1.54) is 12.2 Å². The average Bonchev–Trinajstić information content (AvgIpc) is 3.19. The van der Waals surface area contributed by atoms with Crippen molar-refractivity contribution in [3.63, 3.8) is 0 Å². The Kier molecular flexibility index (Phi) is 6.78. The molecule has 0 aliphatic heterocycles. The van der Waals surface area contributed by atoms with E-state index in [4.69, 9.17) is 0 Å². The average molecular weight is 566 g/mol. The lowest BCUT2D eigenvalue weighted by atomic mass is 9.81. The van der Waals surface area contributed by atoms with Crippen LogP contribution < -0.4 is 0 Å². The number of aryl methyl sites for hydroxylation is 2. The Bertz CT molecular complexity index is 1750. The van der Waals surface area contributed by atoms with Crippen LogP contribution in [0.5, 0.6) is 5.88 Å². The van der Waals surface area contributed by atoms with Gasteiger partial charge in [-0.05, 0) is 66.5 Å². The molecule has 0 fully saturated rings. The van der Waals surface area contributed by atoms with Crippen LogP contribution in [0.3, 0.4) is 0 Å². The number of halogens is 4. The number of aliphatic hydroxyl groups is 1. The lowest BCUT2D eigenvalue weighted by molar-refractivity contribution is -0.144. The van der Waals surface area contributed by atoms with Crippen molar-refractivity contribution < 1.29 is 37.7 Å². The van der Waals surface area contributed by atoms with Gasteiger partial charge in [-0.3, -0.25) is 4.57 Å². The zero-order chi connectivity index (χ0) is 29.7. The van der Waals surface area contributed by atoms with Crippen LogP contribution in [0.1, 0.15) is 22.3 Å². The normalized spacial score (nSPS) is 19.2. The molecule has 0 saturated heterocycles. The first kappa shape index (κ1) is 27.8. The molecule has 1 aromatic heterocycles. The summed E-state index contributed by atoms with van der Waals surface area (Å²) in [5.41, 5.74) is -2.23. The number of hydrogen-bond acceptors (Lipinski definition) is 5. The van der Waals surface area contributed by atoms with Crippen LogP contribution in [0.2, 0.25) is 0 Å². The Morgan fingerprint density at radius 2 is 1.68 bits per heavy atom. The Hall–Kier alpha value is -4.77. The standard InChI is InChI=1S/C30H23F4N3O4/c1-16-11-17(2)13-20(12-16)37-23-15-19(30(32,33)34)14-22(31)24(23)25(27(37)39)35-36-29(28(40)41)10-6-9-21(26(29)38)18-7-4-3-5-8-18/h3-15,26,38-39H,1-2H3,(H,40,41). The van der Waals surface area contributed by atoms with Gasteiger partial charge in [0, 0.05) is 5.69 Å². The summed E-state index contributed by atoms with van der Waals surface area (Å²) in [4.78, 5) is 12.5. The molecule has 1 heterocycles. The minimum absolute atomic E-state index is 0.220. The predicted molar refractivity (Wildman–Crippen MR) is 144 cm³/mol. The van der Waals surface area contributed by atoms with Crippen LogP contribution in [0.25, 0.3) is 22.2 Å². The summed E-state index contributed by atoms with van der Waals surface area (Å²) < 4.78 is 57.3. The highest BCUT2D eigenvalue weighted by Gasteiger charge is 2.47. The maximum Gasteiger partial charge on any atom is 0.416 e. The molecule has 41 heavy (non-hydrogen) atoms. The Labute approximate surface area is 231 Å². The maximum absolute atomic E-state index is 15.4. The fraction of sp³-hybridized carbons (Fsp3) is 0.167. The topological polar surface area (TPSA) is 107 Å². The van der Waals surface area contributed by atoms with E-state index in [1.54, 1.807) is 62.4 Å². The molecule has 0 amide bonds. The summed E-state index contributed by atoms with van der Waals surface area (Å²) in [6, 6.07) is 14.4. The monoisotopic (exact) mass is 565 g/mol. The molecular weight excluding hydrogens is 542 g/mol. The second kappa shape index (κ2) is 10.0. The number of carbonyl (C=O) groups is 1. The zero-order valence-electron chi connectivity index (χ0n) is 21.7. The highest BCUT2D eigenvalue weighted by molar-refractivity contribution is 5.97. The Morgan fingerprint density at radius 3 is 2.29 bits per heavy atom. The molecule has 11 heteroatoms. The third-order valence-electron chi connectivity index (χ3n) is 6.87. The molecule has 2 atom stereocenters. The van der Waals surface area contributed by atoms with Crippen molar-refractivity contribution in [2.75, 3.05) is 0 Å². The number of azo groups is 1. The highest BCUT2D eigenvalue weighted by atomic mass is 19.4. The summed E-state index contributed by atoms with van der Waals surface area (Å²) in [6.07, 6.45) is -2.66. The van der Waals surface area contributed by atoms with Crippen LogP contribution in [0.4, 0.5) is 23.2 Å². The molecule has 0 radical (unpaired) electrons. The maximum atomic E-state index is 15.4. The number of aromatic nitrogens is 1. The van der Waals surface area contributed by atoms with Crippen LogP contribution >= 0.6 is 0 Å². The second-order valence-electron chi connectivity index (χ2n) is 9.78. The summed E-state index contributed by atoms with van der Waals surface area (Å²) in [6.45, 7) is 3.49. The van der Waals surface area contributed by atoms with Gasteiger partial charge in [0.15, 0.2) is 5.69 Å². The minimum Gasteiger partial charge on any atom is -0.493 e. The summed E-state index contributed by atoms with van der Waals surface area (Å²) in [5, 5.41) is 39.8. The molecule has 3 N–H and O–H groups in total. The first-order chi connectivity index (χ1) is 19.3. The summed E-state index contributed by atoms with van der Waals surface area (Å²) >= 11 is 0. The minimum atomic E-state index is -4.89. The van der Waals surface area contributed by atoms with E-state index < -0.39 is 52.1 Å². The van der Waals surface area contributed by atoms with Crippen LogP contribution in [-0.4, -0.2) is 37.5 Å². The van der Waals surface area contributed by atoms with E-state index in [9.17, 15) is 33.3 Å².